The molecule has 0 atom stereocenters. The van der Waals surface area contributed by atoms with Gasteiger partial charge in [0.2, 0.25) is 0 Å². The molecule has 3 rings (SSSR count). The molecule has 2 saturated carbocycles. The largest absolute Gasteiger partial charge is 0.493 e. The van der Waals surface area contributed by atoms with Crippen LogP contribution in [0.25, 0.3) is 0 Å². The normalized spacial score (nSPS) is 21.3. The van der Waals surface area contributed by atoms with Gasteiger partial charge in [-0.25, -0.2) is 0 Å². The zero-order chi connectivity index (χ0) is 11.9. The highest BCUT2D eigenvalue weighted by Crippen LogP contribution is 2.39. The zero-order valence-corrected chi connectivity index (χ0v) is 11.4. The molecule has 2 aliphatic rings. The molecule has 2 nitrogen and oxygen atoms in total. The van der Waals surface area contributed by atoms with E-state index >= 15 is 0 Å². The minimum atomic E-state index is -0.436. The van der Waals surface area contributed by atoms with Gasteiger partial charge in [-0.05, 0) is 55.4 Å². The summed E-state index contributed by atoms with van der Waals surface area (Å²) in [5, 5.41) is 9.94. The van der Waals surface area contributed by atoms with Gasteiger partial charge in [-0.2, -0.15) is 0 Å². The van der Waals surface area contributed by atoms with E-state index in [1.165, 1.54) is 12.8 Å². The summed E-state index contributed by atoms with van der Waals surface area (Å²) < 4.78 is 6.81. The molecular formula is C14H17BrO2. The average Bonchev–Trinajstić information content (AvgIpc) is 3.13. The predicted octanol–water partition coefficient (Wildman–Crippen LogP) is 3.31. The van der Waals surface area contributed by atoms with Gasteiger partial charge in [-0.15, -0.1) is 0 Å². The van der Waals surface area contributed by atoms with Gasteiger partial charge in [0.15, 0.2) is 0 Å². The summed E-state index contributed by atoms with van der Waals surface area (Å²) >= 11 is 3.50. The van der Waals surface area contributed by atoms with Gasteiger partial charge in [-0.1, -0.05) is 15.9 Å². The van der Waals surface area contributed by atoms with Gasteiger partial charge < -0.3 is 9.84 Å². The first-order valence-corrected chi connectivity index (χ1v) is 7.07. The van der Waals surface area contributed by atoms with Crippen molar-refractivity contribution in [2.75, 3.05) is 6.61 Å². The lowest BCUT2D eigenvalue weighted by molar-refractivity contribution is 0.151. The highest BCUT2D eigenvalue weighted by Gasteiger charge is 2.40. The van der Waals surface area contributed by atoms with Crippen LogP contribution in [-0.4, -0.2) is 17.3 Å². The second-order valence-corrected chi connectivity index (χ2v) is 6.37. The molecule has 0 heterocycles. The monoisotopic (exact) mass is 296 g/mol. The highest BCUT2D eigenvalue weighted by molar-refractivity contribution is 9.10. The quantitative estimate of drug-likeness (QED) is 0.903. The van der Waals surface area contributed by atoms with Gasteiger partial charge in [0.1, 0.15) is 5.75 Å². The number of hydrogen-bond acceptors (Lipinski definition) is 2. The highest BCUT2D eigenvalue weighted by atomic mass is 79.9. The third-order valence-corrected chi connectivity index (χ3v) is 3.93. The minimum absolute atomic E-state index is 0.436. The SMILES string of the molecule is OC1(Cc2cc(Br)cc(OCC3CC3)c2)CC1. The van der Waals surface area contributed by atoms with Crippen LogP contribution in [0.2, 0.25) is 0 Å². The Morgan fingerprint density at radius 1 is 1.29 bits per heavy atom. The Morgan fingerprint density at radius 3 is 2.71 bits per heavy atom. The fourth-order valence-corrected chi connectivity index (χ4v) is 2.53. The van der Waals surface area contributed by atoms with Crippen LogP contribution in [0, 0.1) is 5.92 Å². The van der Waals surface area contributed by atoms with E-state index in [1.54, 1.807) is 0 Å². The van der Waals surface area contributed by atoms with E-state index in [-0.39, 0.29) is 0 Å². The molecule has 92 valence electrons. The number of aliphatic hydroxyl groups is 1. The van der Waals surface area contributed by atoms with Crippen molar-refractivity contribution in [2.24, 2.45) is 5.92 Å². The fraction of sp³-hybridized carbons (Fsp3) is 0.571. The van der Waals surface area contributed by atoms with Gasteiger partial charge in [0, 0.05) is 10.9 Å². The molecule has 0 amide bonds. The van der Waals surface area contributed by atoms with E-state index < -0.39 is 5.60 Å². The lowest BCUT2D eigenvalue weighted by atomic mass is 10.1. The Hall–Kier alpha value is -0.540. The summed E-state index contributed by atoms with van der Waals surface area (Å²) in [6.45, 7) is 0.833. The van der Waals surface area contributed by atoms with Crippen LogP contribution in [0.1, 0.15) is 31.2 Å². The molecule has 1 aromatic carbocycles. The first-order valence-electron chi connectivity index (χ1n) is 6.28. The standard InChI is InChI=1S/C14H17BrO2/c15-12-5-11(8-14(16)3-4-14)6-13(7-12)17-9-10-1-2-10/h5-7,10,16H,1-4,8-9H2. The van der Waals surface area contributed by atoms with Gasteiger partial charge in [-0.3, -0.25) is 0 Å². The summed E-state index contributed by atoms with van der Waals surface area (Å²) in [5.41, 5.74) is 0.722. The molecule has 0 aliphatic heterocycles. The Morgan fingerprint density at radius 2 is 2.06 bits per heavy atom. The van der Waals surface area contributed by atoms with E-state index in [2.05, 4.69) is 28.1 Å². The second-order valence-electron chi connectivity index (χ2n) is 5.45. The van der Waals surface area contributed by atoms with E-state index in [1.807, 2.05) is 6.07 Å². The summed E-state index contributed by atoms with van der Waals surface area (Å²) in [5.74, 6) is 1.69. The van der Waals surface area contributed by atoms with E-state index in [0.29, 0.717) is 0 Å². The third kappa shape index (κ3) is 3.23. The Labute approximate surface area is 110 Å². The number of benzene rings is 1. The van der Waals surface area contributed by atoms with Crippen molar-refractivity contribution in [3.8, 4) is 5.75 Å². The van der Waals surface area contributed by atoms with Crippen LogP contribution in [0.15, 0.2) is 22.7 Å². The van der Waals surface area contributed by atoms with Gasteiger partial charge in [0.25, 0.3) is 0 Å². The molecule has 1 aromatic rings. The molecule has 2 fully saturated rings. The number of halogens is 1. The van der Waals surface area contributed by atoms with Crippen molar-refractivity contribution in [1.82, 2.24) is 0 Å². The molecule has 0 spiro atoms. The van der Waals surface area contributed by atoms with Gasteiger partial charge >= 0.3 is 0 Å². The van der Waals surface area contributed by atoms with Crippen molar-refractivity contribution in [3.05, 3.63) is 28.2 Å². The Kier molecular flexibility index (Phi) is 2.91. The maximum Gasteiger partial charge on any atom is 0.120 e. The van der Waals surface area contributed by atoms with Crippen LogP contribution >= 0.6 is 15.9 Å². The number of hydrogen-bond donors (Lipinski definition) is 1. The molecule has 1 N–H and O–H groups in total. The summed E-state index contributed by atoms with van der Waals surface area (Å²) in [7, 11) is 0. The van der Waals surface area contributed by atoms with Crippen LogP contribution in [-0.2, 0) is 6.42 Å². The van der Waals surface area contributed by atoms with E-state index in [0.717, 1.165) is 47.6 Å². The van der Waals surface area contributed by atoms with Gasteiger partial charge in [0.05, 0.1) is 12.2 Å². The molecular weight excluding hydrogens is 280 g/mol. The van der Waals surface area contributed by atoms with Crippen LogP contribution in [0.5, 0.6) is 5.75 Å². The maximum atomic E-state index is 9.94. The Bertz CT molecular complexity index is 422. The number of rotatable bonds is 5. The first-order chi connectivity index (χ1) is 8.13. The topological polar surface area (TPSA) is 29.5 Å². The third-order valence-electron chi connectivity index (χ3n) is 3.47. The van der Waals surface area contributed by atoms with Crippen LogP contribution < -0.4 is 4.74 Å². The zero-order valence-electron chi connectivity index (χ0n) is 9.79. The van der Waals surface area contributed by atoms with Crippen LogP contribution in [0.3, 0.4) is 0 Å². The summed E-state index contributed by atoms with van der Waals surface area (Å²) in [6.07, 6.45) is 5.21. The molecule has 0 unspecified atom stereocenters. The van der Waals surface area contributed by atoms with Crippen molar-refractivity contribution >= 4 is 15.9 Å². The Balaban J connectivity index is 1.69. The maximum absolute atomic E-state index is 9.94. The lowest BCUT2D eigenvalue weighted by Gasteiger charge is -2.11. The van der Waals surface area contributed by atoms with Crippen molar-refractivity contribution < 1.29 is 9.84 Å². The van der Waals surface area contributed by atoms with Crippen molar-refractivity contribution in [3.63, 3.8) is 0 Å². The first kappa shape index (κ1) is 11.5. The predicted molar refractivity (Wildman–Crippen MR) is 70.2 cm³/mol. The lowest BCUT2D eigenvalue weighted by Crippen LogP contribution is -2.10. The minimum Gasteiger partial charge on any atom is -0.493 e. The van der Waals surface area contributed by atoms with E-state index in [9.17, 15) is 5.11 Å². The second kappa shape index (κ2) is 4.29. The van der Waals surface area contributed by atoms with E-state index in [4.69, 9.17) is 4.74 Å². The van der Waals surface area contributed by atoms with Crippen LogP contribution in [0.4, 0.5) is 0 Å². The molecule has 17 heavy (non-hydrogen) atoms. The molecule has 3 heteroatoms. The average molecular weight is 297 g/mol. The van der Waals surface area contributed by atoms with Crippen molar-refractivity contribution in [1.29, 1.82) is 0 Å². The molecule has 0 aromatic heterocycles. The molecule has 2 aliphatic carbocycles. The summed E-state index contributed by atoms with van der Waals surface area (Å²) in [4.78, 5) is 0. The smallest absolute Gasteiger partial charge is 0.120 e. The molecule has 0 radical (unpaired) electrons. The molecule has 0 bridgehead atoms. The van der Waals surface area contributed by atoms with Crippen molar-refractivity contribution in [2.45, 2.75) is 37.7 Å². The fourth-order valence-electron chi connectivity index (χ4n) is 2.01. The number of ether oxygens (including phenoxy) is 1. The summed E-state index contributed by atoms with van der Waals surface area (Å²) in [6, 6.07) is 6.13. The molecule has 0 saturated heterocycles.